The monoisotopic (exact) mass is 428 g/mol. The van der Waals surface area contributed by atoms with Crippen LogP contribution in [0.2, 0.25) is 0 Å². The third-order valence-electron chi connectivity index (χ3n) is 5.01. The minimum atomic E-state index is -3.95. The van der Waals surface area contributed by atoms with E-state index in [4.69, 9.17) is 9.47 Å². The van der Waals surface area contributed by atoms with E-state index in [1.807, 2.05) is 30.3 Å². The molecular weight excluding hydrogens is 400 g/mol. The van der Waals surface area contributed by atoms with Gasteiger partial charge in [-0.3, -0.25) is 0 Å². The fraction of sp³-hybridized carbons (Fsp3) is 0.348. The lowest BCUT2D eigenvalue weighted by molar-refractivity contribution is 0.382. The first-order chi connectivity index (χ1) is 14.3. The molecule has 0 aliphatic rings. The van der Waals surface area contributed by atoms with E-state index >= 15 is 0 Å². The average molecular weight is 429 g/mol. The maximum Gasteiger partial charge on any atom is 0.233 e. The molecule has 0 saturated carbocycles. The van der Waals surface area contributed by atoms with Crippen molar-refractivity contribution in [2.45, 2.75) is 37.6 Å². The molecule has 30 heavy (non-hydrogen) atoms. The van der Waals surface area contributed by atoms with Crippen molar-refractivity contribution in [3.63, 3.8) is 0 Å². The van der Waals surface area contributed by atoms with Crippen LogP contribution in [0.3, 0.4) is 0 Å². The minimum absolute atomic E-state index is 0.143. The average Bonchev–Trinajstić information content (AvgIpc) is 2.77. The van der Waals surface area contributed by atoms with Gasteiger partial charge in [0.2, 0.25) is 10.0 Å². The summed E-state index contributed by atoms with van der Waals surface area (Å²) in [5.74, 6) is 1.38. The van der Waals surface area contributed by atoms with Gasteiger partial charge in [-0.05, 0) is 55.2 Å². The first-order valence-corrected chi connectivity index (χ1v) is 11.0. The molecule has 160 valence electrons. The Hall–Kier alpha value is -2.82. The molecule has 0 aromatic heterocycles. The van der Waals surface area contributed by atoms with Crippen LogP contribution in [0, 0.1) is 11.3 Å². The summed E-state index contributed by atoms with van der Waals surface area (Å²) in [5, 5.41) is 9.74. The molecule has 0 bridgehead atoms. The van der Waals surface area contributed by atoms with Crippen LogP contribution in [-0.4, -0.2) is 31.7 Å². The summed E-state index contributed by atoms with van der Waals surface area (Å²) >= 11 is 0. The highest BCUT2D eigenvalue weighted by Crippen LogP contribution is 2.29. The highest BCUT2D eigenvalue weighted by atomic mass is 32.2. The number of ether oxygens (including phenoxy) is 2. The van der Waals surface area contributed by atoms with Crippen molar-refractivity contribution in [3.8, 4) is 17.6 Å². The van der Waals surface area contributed by atoms with Crippen LogP contribution >= 0.6 is 0 Å². The maximum absolute atomic E-state index is 13.6. The number of benzene rings is 2. The summed E-state index contributed by atoms with van der Waals surface area (Å²) in [6.45, 7) is 5.41. The highest BCUT2D eigenvalue weighted by molar-refractivity contribution is 7.90. The summed E-state index contributed by atoms with van der Waals surface area (Å²) in [7, 11) is -0.797. The van der Waals surface area contributed by atoms with Gasteiger partial charge in [-0.2, -0.15) is 9.57 Å². The van der Waals surface area contributed by atoms with Crippen LogP contribution < -0.4 is 9.47 Å². The van der Waals surface area contributed by atoms with Crippen molar-refractivity contribution in [2.75, 3.05) is 14.2 Å². The molecule has 1 atom stereocenters. The predicted molar refractivity (Wildman–Crippen MR) is 118 cm³/mol. The predicted octanol–water partition coefficient (Wildman–Crippen LogP) is 4.28. The van der Waals surface area contributed by atoms with Crippen molar-refractivity contribution < 1.29 is 17.9 Å². The molecule has 2 rings (SSSR count). The van der Waals surface area contributed by atoms with Gasteiger partial charge in [-0.15, -0.1) is 6.58 Å². The van der Waals surface area contributed by atoms with Gasteiger partial charge >= 0.3 is 0 Å². The molecular formula is C23H28N2O4S. The van der Waals surface area contributed by atoms with E-state index in [2.05, 4.69) is 6.58 Å². The van der Waals surface area contributed by atoms with E-state index in [0.717, 1.165) is 11.1 Å². The van der Waals surface area contributed by atoms with Crippen molar-refractivity contribution >= 4 is 10.0 Å². The van der Waals surface area contributed by atoms with Gasteiger partial charge in [0.25, 0.3) is 0 Å². The zero-order valence-corrected chi connectivity index (χ0v) is 18.5. The second-order valence-corrected chi connectivity index (χ2v) is 9.51. The zero-order chi connectivity index (χ0) is 22.2. The molecule has 2 aromatic carbocycles. The first kappa shape index (κ1) is 23.5. The molecule has 0 spiro atoms. The number of hydrogen-bond acceptors (Lipinski definition) is 5. The molecule has 0 aliphatic carbocycles. The first-order valence-electron chi connectivity index (χ1n) is 9.57. The molecule has 0 amide bonds. The Morgan fingerprint density at radius 1 is 1.00 bits per heavy atom. The smallest absolute Gasteiger partial charge is 0.233 e. The van der Waals surface area contributed by atoms with E-state index in [9.17, 15) is 13.7 Å². The standard InChI is InChI=1S/C23H28N2O4S/c1-5-6-15-23(2,18-24)30(26,27)25(16-19-7-11-21(28-3)12-8-19)17-20-9-13-22(29-4)14-10-20/h5,7-14H,1,6,15-17H2,2-4H3/t23-/m0/s1. The van der Waals surface area contributed by atoms with Crippen LogP contribution in [0.15, 0.2) is 61.2 Å². The largest absolute Gasteiger partial charge is 0.497 e. The number of rotatable bonds is 11. The number of nitrogens with zero attached hydrogens (tertiary/aromatic N) is 2. The lowest BCUT2D eigenvalue weighted by Crippen LogP contribution is -2.45. The van der Waals surface area contributed by atoms with Crippen LogP contribution in [0.4, 0.5) is 0 Å². The van der Waals surface area contributed by atoms with Crippen LogP contribution in [0.1, 0.15) is 30.9 Å². The minimum Gasteiger partial charge on any atom is -0.497 e. The molecule has 2 aromatic rings. The maximum atomic E-state index is 13.6. The van der Waals surface area contributed by atoms with Gasteiger partial charge in [0, 0.05) is 13.1 Å². The summed E-state index contributed by atoms with van der Waals surface area (Å²) < 4.78 is 37.3. The molecule has 7 heteroatoms. The van der Waals surface area contributed by atoms with E-state index in [1.165, 1.54) is 11.2 Å². The molecule has 0 radical (unpaired) electrons. The van der Waals surface area contributed by atoms with Crippen molar-refractivity contribution in [1.29, 1.82) is 5.26 Å². The normalized spacial score (nSPS) is 13.3. The molecule has 0 fully saturated rings. The van der Waals surface area contributed by atoms with Gasteiger partial charge in [0.1, 0.15) is 11.5 Å². The van der Waals surface area contributed by atoms with Crippen LogP contribution in [0.5, 0.6) is 11.5 Å². The van der Waals surface area contributed by atoms with E-state index < -0.39 is 14.8 Å². The highest BCUT2D eigenvalue weighted by Gasteiger charge is 2.43. The van der Waals surface area contributed by atoms with E-state index in [1.54, 1.807) is 44.6 Å². The Kier molecular flexibility index (Phi) is 8.04. The molecule has 6 nitrogen and oxygen atoms in total. The Bertz CT molecular complexity index is 930. The summed E-state index contributed by atoms with van der Waals surface area (Å²) in [6.07, 6.45) is 2.24. The van der Waals surface area contributed by atoms with Crippen LogP contribution in [-0.2, 0) is 23.1 Å². The second-order valence-electron chi connectivity index (χ2n) is 7.14. The van der Waals surface area contributed by atoms with E-state index in [0.29, 0.717) is 17.9 Å². The zero-order valence-electron chi connectivity index (χ0n) is 17.7. The van der Waals surface area contributed by atoms with Gasteiger partial charge in [-0.25, -0.2) is 8.42 Å². The second kappa shape index (κ2) is 10.3. The number of sulfonamides is 1. The molecule has 0 aliphatic heterocycles. The number of allylic oxidation sites excluding steroid dienone is 1. The third kappa shape index (κ3) is 5.41. The summed E-state index contributed by atoms with van der Waals surface area (Å²) in [6, 6.07) is 16.5. The Morgan fingerprint density at radius 3 is 1.77 bits per heavy atom. The molecule has 0 unspecified atom stereocenters. The SMILES string of the molecule is C=CCC[C@@](C)(C#N)S(=O)(=O)N(Cc1ccc(OC)cc1)Cc1ccc(OC)cc1. The Balaban J connectivity index is 2.41. The lowest BCUT2D eigenvalue weighted by atomic mass is 10.1. The Labute approximate surface area is 179 Å². The number of nitriles is 1. The fourth-order valence-corrected chi connectivity index (χ4v) is 4.70. The van der Waals surface area contributed by atoms with Crippen molar-refractivity contribution in [1.82, 2.24) is 4.31 Å². The van der Waals surface area contributed by atoms with Gasteiger partial charge in [-0.1, -0.05) is 30.3 Å². The van der Waals surface area contributed by atoms with Gasteiger partial charge in [0.15, 0.2) is 4.75 Å². The lowest BCUT2D eigenvalue weighted by Gasteiger charge is -2.30. The number of hydrogen-bond donors (Lipinski definition) is 0. The van der Waals surface area contributed by atoms with Gasteiger partial charge < -0.3 is 9.47 Å². The van der Waals surface area contributed by atoms with Crippen molar-refractivity contribution in [3.05, 3.63) is 72.3 Å². The van der Waals surface area contributed by atoms with Gasteiger partial charge in [0.05, 0.1) is 20.3 Å². The Morgan fingerprint density at radius 2 is 1.43 bits per heavy atom. The topological polar surface area (TPSA) is 79.6 Å². The fourth-order valence-electron chi connectivity index (χ4n) is 3.00. The van der Waals surface area contributed by atoms with Crippen molar-refractivity contribution in [2.24, 2.45) is 0 Å². The number of methoxy groups -OCH3 is 2. The quantitative estimate of drug-likeness (QED) is 0.499. The van der Waals surface area contributed by atoms with Crippen LogP contribution in [0.25, 0.3) is 0 Å². The molecule has 0 N–H and O–H groups in total. The molecule has 0 saturated heterocycles. The van der Waals surface area contributed by atoms with E-state index in [-0.39, 0.29) is 19.5 Å². The summed E-state index contributed by atoms with van der Waals surface area (Å²) in [4.78, 5) is 0. The summed E-state index contributed by atoms with van der Waals surface area (Å²) in [5.41, 5.74) is 1.61. The third-order valence-corrected chi connectivity index (χ3v) is 7.38. The molecule has 0 heterocycles.